The summed E-state index contributed by atoms with van der Waals surface area (Å²) in [5.41, 5.74) is 14.0. The molecule has 0 atom stereocenters. The van der Waals surface area contributed by atoms with Gasteiger partial charge in [-0.05, 0) is 121 Å². The molecule has 0 aromatic heterocycles. The van der Waals surface area contributed by atoms with E-state index in [0.717, 1.165) is 11.5 Å². The molecule has 2 heterocycles. The molecule has 224 valence electrons. The van der Waals surface area contributed by atoms with E-state index in [1.807, 2.05) is 0 Å². The third kappa shape index (κ3) is 3.06. The highest BCUT2D eigenvalue weighted by Gasteiger charge is 2.57. The molecule has 0 fully saturated rings. The van der Waals surface area contributed by atoms with Crippen molar-refractivity contribution in [1.29, 1.82) is 0 Å². The van der Waals surface area contributed by atoms with E-state index in [4.69, 9.17) is 4.74 Å². The Balaban J connectivity index is 2.01. The van der Waals surface area contributed by atoms with E-state index in [1.54, 1.807) is 0 Å². The smallest absolute Gasteiger partial charge is 0.140 e. The monoisotopic (exact) mass is 555 g/mol. The molecule has 41 heavy (non-hydrogen) atoms. The van der Waals surface area contributed by atoms with Crippen molar-refractivity contribution in [1.82, 2.24) is 0 Å². The second-order valence-corrected chi connectivity index (χ2v) is 17.0. The van der Waals surface area contributed by atoms with Gasteiger partial charge in [-0.1, -0.05) is 74.8 Å². The van der Waals surface area contributed by atoms with Gasteiger partial charge in [0.2, 0.25) is 0 Å². The maximum absolute atomic E-state index is 7.22. The van der Waals surface area contributed by atoms with Crippen LogP contribution in [0.4, 0.5) is 5.69 Å². The first kappa shape index (κ1) is 30.2. The van der Waals surface area contributed by atoms with Gasteiger partial charge in [-0.3, -0.25) is 0 Å². The van der Waals surface area contributed by atoms with Gasteiger partial charge in [0.15, 0.2) is 0 Å². The fourth-order valence-electron chi connectivity index (χ4n) is 9.40. The summed E-state index contributed by atoms with van der Waals surface area (Å²) in [6.07, 6.45) is 0. The van der Waals surface area contributed by atoms with Crippen molar-refractivity contribution in [2.75, 3.05) is 11.9 Å². The molecular formula is C39H57NO. The highest BCUT2D eigenvalue weighted by molar-refractivity contribution is 5.86. The van der Waals surface area contributed by atoms with Crippen LogP contribution in [-0.2, 0) is 10.8 Å². The lowest BCUT2D eigenvalue weighted by Gasteiger charge is -2.62. The summed E-state index contributed by atoms with van der Waals surface area (Å²) in [5, 5.41) is 2.74. The molecule has 2 aromatic carbocycles. The van der Waals surface area contributed by atoms with E-state index in [2.05, 4.69) is 137 Å². The van der Waals surface area contributed by atoms with Crippen LogP contribution in [0.1, 0.15) is 136 Å². The zero-order chi connectivity index (χ0) is 31.4. The lowest BCUT2D eigenvalue weighted by Crippen LogP contribution is -2.63. The fraction of sp³-hybridized carbons (Fsp3) is 0.641. The Morgan fingerprint density at radius 2 is 1.02 bits per heavy atom. The van der Waals surface area contributed by atoms with E-state index in [1.165, 1.54) is 66.2 Å². The van der Waals surface area contributed by atoms with Crippen LogP contribution in [0.5, 0.6) is 11.5 Å². The zero-order valence-electron chi connectivity index (χ0n) is 29.9. The van der Waals surface area contributed by atoms with E-state index in [9.17, 15) is 0 Å². The number of fused-ring (bicyclic) bond motifs is 4. The second kappa shape index (κ2) is 8.03. The SMILES string of the molecule is CC1=c2c(C)c3c(c(C)c2Oc2c(C)c4c(c(C)c21)C(C)(C)C(C)(C)C(C)(C)N4C)=C(C)C(C)(C)C(C)(C)C3(C)C. The third-order valence-corrected chi connectivity index (χ3v) is 14.8. The first-order valence-corrected chi connectivity index (χ1v) is 15.8. The average Bonchev–Trinajstić information content (AvgIpc) is 2.84. The van der Waals surface area contributed by atoms with Crippen molar-refractivity contribution in [3.8, 4) is 11.5 Å². The van der Waals surface area contributed by atoms with Crippen molar-refractivity contribution in [3.05, 3.63) is 49.4 Å². The number of hydrogen-bond donors (Lipinski definition) is 0. The summed E-state index contributed by atoms with van der Waals surface area (Å²) in [6, 6.07) is 0. The Labute approximate surface area is 251 Å². The van der Waals surface area contributed by atoms with Gasteiger partial charge in [0.25, 0.3) is 0 Å². The fourth-order valence-corrected chi connectivity index (χ4v) is 9.40. The van der Waals surface area contributed by atoms with Crippen LogP contribution in [0.2, 0.25) is 0 Å². The van der Waals surface area contributed by atoms with Gasteiger partial charge >= 0.3 is 0 Å². The molecule has 3 aliphatic rings. The number of nitrogens with zero attached hydrogens (tertiary/aromatic N) is 1. The van der Waals surface area contributed by atoms with E-state index in [-0.39, 0.29) is 32.6 Å². The second-order valence-electron chi connectivity index (χ2n) is 17.0. The van der Waals surface area contributed by atoms with Crippen LogP contribution in [0, 0.1) is 43.9 Å². The van der Waals surface area contributed by atoms with E-state index >= 15 is 0 Å². The van der Waals surface area contributed by atoms with Crippen LogP contribution in [0.3, 0.4) is 0 Å². The molecular weight excluding hydrogens is 498 g/mol. The lowest BCUT2D eigenvalue weighted by molar-refractivity contribution is 0.0664. The Morgan fingerprint density at radius 1 is 0.512 bits per heavy atom. The summed E-state index contributed by atoms with van der Waals surface area (Å²) in [7, 11) is 2.29. The predicted molar refractivity (Wildman–Crippen MR) is 178 cm³/mol. The van der Waals surface area contributed by atoms with Crippen molar-refractivity contribution >= 4 is 16.8 Å². The molecule has 5 rings (SSSR count). The average molecular weight is 556 g/mol. The highest BCUT2D eigenvalue weighted by Crippen LogP contribution is 2.62. The van der Waals surface area contributed by atoms with Crippen LogP contribution in [-0.4, -0.2) is 12.6 Å². The minimum absolute atomic E-state index is 0.00308. The molecule has 0 amide bonds. The molecule has 0 saturated carbocycles. The molecule has 2 aromatic rings. The van der Waals surface area contributed by atoms with Crippen molar-refractivity contribution in [3.63, 3.8) is 0 Å². The Hall–Kier alpha value is -2.22. The number of ether oxygens (including phenoxy) is 1. The first-order chi connectivity index (χ1) is 18.3. The summed E-state index contributed by atoms with van der Waals surface area (Å²) >= 11 is 0. The molecule has 1 aliphatic carbocycles. The van der Waals surface area contributed by atoms with Gasteiger partial charge in [0.05, 0.1) is 0 Å². The number of anilines is 1. The summed E-state index contributed by atoms with van der Waals surface area (Å²) in [6.45, 7) is 43.4. The van der Waals surface area contributed by atoms with Gasteiger partial charge < -0.3 is 9.64 Å². The molecule has 0 saturated heterocycles. The van der Waals surface area contributed by atoms with Gasteiger partial charge in [0.1, 0.15) is 11.5 Å². The minimum Gasteiger partial charge on any atom is -0.455 e. The van der Waals surface area contributed by atoms with Gasteiger partial charge in [0, 0.05) is 34.6 Å². The van der Waals surface area contributed by atoms with Gasteiger partial charge in [-0.2, -0.15) is 0 Å². The number of hydrogen-bond acceptors (Lipinski definition) is 2. The van der Waals surface area contributed by atoms with Crippen molar-refractivity contribution < 1.29 is 4.74 Å². The Bertz CT molecular complexity index is 1670. The van der Waals surface area contributed by atoms with Gasteiger partial charge in [-0.25, -0.2) is 0 Å². The van der Waals surface area contributed by atoms with Crippen LogP contribution >= 0.6 is 0 Å². The summed E-state index contributed by atoms with van der Waals surface area (Å²) < 4.78 is 7.22. The summed E-state index contributed by atoms with van der Waals surface area (Å²) in [5.74, 6) is 2.12. The van der Waals surface area contributed by atoms with E-state index in [0.29, 0.717) is 0 Å². The predicted octanol–water partition coefficient (Wildman–Crippen LogP) is 9.29. The summed E-state index contributed by atoms with van der Waals surface area (Å²) in [4.78, 5) is 2.54. The number of rotatable bonds is 0. The van der Waals surface area contributed by atoms with Crippen molar-refractivity contribution in [2.45, 2.75) is 141 Å². The Kier molecular flexibility index (Phi) is 5.92. The molecule has 2 heteroatoms. The van der Waals surface area contributed by atoms with Crippen LogP contribution < -0.4 is 20.1 Å². The molecule has 0 unspecified atom stereocenters. The normalized spacial score (nSPS) is 23.7. The maximum Gasteiger partial charge on any atom is 0.140 e. The zero-order valence-corrected chi connectivity index (χ0v) is 29.9. The molecule has 0 spiro atoms. The molecule has 0 bridgehead atoms. The minimum atomic E-state index is -0.0259. The van der Waals surface area contributed by atoms with Crippen LogP contribution in [0.15, 0.2) is 0 Å². The van der Waals surface area contributed by atoms with Gasteiger partial charge in [-0.15, -0.1) is 0 Å². The number of benzene rings is 2. The standard InChI is InChI=1S/C39H57NO/c1-20-26-21(2)29-28(25(6)34(7,8)37(13,14)35(29,9)10)23(4)32(26)41-33-24(5)31-30(22(3)27(20)33)36(11,12)38(15,16)39(17,18)40(31)19/h1-19H3. The highest BCUT2D eigenvalue weighted by atomic mass is 16.5. The Morgan fingerprint density at radius 3 is 1.56 bits per heavy atom. The van der Waals surface area contributed by atoms with Crippen LogP contribution in [0.25, 0.3) is 11.1 Å². The quantitative estimate of drug-likeness (QED) is 0.321. The first-order valence-electron chi connectivity index (χ1n) is 15.8. The largest absolute Gasteiger partial charge is 0.455 e. The molecule has 2 aliphatic heterocycles. The molecule has 2 nitrogen and oxygen atoms in total. The van der Waals surface area contributed by atoms with E-state index < -0.39 is 0 Å². The molecule has 0 N–H and O–H groups in total. The van der Waals surface area contributed by atoms with Crippen molar-refractivity contribution in [2.24, 2.45) is 16.2 Å². The maximum atomic E-state index is 7.22. The topological polar surface area (TPSA) is 12.5 Å². The molecule has 0 radical (unpaired) electrons. The third-order valence-electron chi connectivity index (χ3n) is 14.8. The lowest BCUT2D eigenvalue weighted by atomic mass is 9.47.